The Morgan fingerprint density at radius 1 is 0.969 bits per heavy atom. The van der Waals surface area contributed by atoms with Gasteiger partial charge in [0.1, 0.15) is 5.75 Å². The van der Waals surface area contributed by atoms with Crippen molar-refractivity contribution in [2.24, 2.45) is 0 Å². The number of anilines is 1. The van der Waals surface area contributed by atoms with E-state index in [0.717, 1.165) is 27.7 Å². The van der Waals surface area contributed by atoms with Crippen molar-refractivity contribution in [3.63, 3.8) is 0 Å². The summed E-state index contributed by atoms with van der Waals surface area (Å²) in [6.45, 7) is 7.64. The number of hydrogen-bond donors (Lipinski definition) is 2. The number of aromatic hydroxyl groups is 1. The summed E-state index contributed by atoms with van der Waals surface area (Å²) in [6.07, 6.45) is 0. The molecule has 0 saturated heterocycles. The molecule has 0 unspecified atom stereocenters. The molecule has 0 aliphatic heterocycles. The first-order chi connectivity index (χ1) is 15.2. The highest BCUT2D eigenvalue weighted by Gasteiger charge is 2.20. The Bertz CT molecular complexity index is 1400. The lowest BCUT2D eigenvalue weighted by atomic mass is 10.0. The number of carbonyl (C=O) groups is 1. The zero-order chi connectivity index (χ0) is 23.2. The molecule has 0 aliphatic carbocycles. The number of hydrogen-bond acceptors (Lipinski definition) is 4. The van der Waals surface area contributed by atoms with E-state index in [1.165, 1.54) is 24.3 Å². The molecule has 7 nitrogen and oxygen atoms in total. The second-order valence-corrected chi connectivity index (χ2v) is 7.87. The Morgan fingerprint density at radius 2 is 1.69 bits per heavy atom. The van der Waals surface area contributed by atoms with Gasteiger partial charge in [0.2, 0.25) is 0 Å². The predicted molar refractivity (Wildman–Crippen MR) is 125 cm³/mol. The van der Waals surface area contributed by atoms with E-state index in [0.29, 0.717) is 16.9 Å². The van der Waals surface area contributed by atoms with Crippen molar-refractivity contribution in [2.45, 2.75) is 27.7 Å². The maximum atomic E-state index is 12.9. The van der Waals surface area contributed by atoms with Crippen LogP contribution in [0.3, 0.4) is 0 Å². The monoisotopic (exact) mass is 429 g/mol. The first-order valence-corrected chi connectivity index (χ1v) is 10.2. The first kappa shape index (κ1) is 21.1. The van der Waals surface area contributed by atoms with E-state index >= 15 is 0 Å². The highest BCUT2D eigenvalue weighted by Crippen LogP contribution is 2.38. The number of non-ortho nitro benzene ring substituents is 1. The normalized spacial score (nSPS) is 11.0. The Hall–Kier alpha value is -4.13. The van der Waals surface area contributed by atoms with Gasteiger partial charge < -0.3 is 15.0 Å². The van der Waals surface area contributed by atoms with Gasteiger partial charge in [-0.2, -0.15) is 0 Å². The van der Waals surface area contributed by atoms with Crippen molar-refractivity contribution < 1.29 is 14.8 Å². The average molecular weight is 429 g/mol. The van der Waals surface area contributed by atoms with Gasteiger partial charge in [-0.05, 0) is 62.6 Å². The molecule has 0 atom stereocenters. The zero-order valence-electron chi connectivity index (χ0n) is 18.3. The van der Waals surface area contributed by atoms with Crippen LogP contribution in [0.5, 0.6) is 5.75 Å². The fourth-order valence-corrected chi connectivity index (χ4v) is 3.98. The molecule has 1 aromatic heterocycles. The fraction of sp³-hybridized carbons (Fsp3) is 0.160. The van der Waals surface area contributed by atoms with E-state index in [4.69, 9.17) is 0 Å². The zero-order valence-corrected chi connectivity index (χ0v) is 18.3. The number of aromatic nitrogens is 1. The molecule has 0 spiro atoms. The van der Waals surface area contributed by atoms with Crippen molar-refractivity contribution in [1.29, 1.82) is 0 Å². The summed E-state index contributed by atoms with van der Waals surface area (Å²) in [5.41, 5.74) is 5.54. The Balaban J connectivity index is 1.83. The second-order valence-electron chi connectivity index (χ2n) is 7.87. The molecule has 162 valence electrons. The van der Waals surface area contributed by atoms with Crippen LogP contribution >= 0.6 is 0 Å². The fourth-order valence-electron chi connectivity index (χ4n) is 3.98. The maximum absolute atomic E-state index is 12.9. The van der Waals surface area contributed by atoms with Gasteiger partial charge in [0.25, 0.3) is 11.6 Å². The summed E-state index contributed by atoms with van der Waals surface area (Å²) >= 11 is 0. The first-order valence-electron chi connectivity index (χ1n) is 10.2. The Labute approximate surface area is 185 Å². The SMILES string of the molecule is Cc1c(NC(=O)c2cccc([N+](=O)[O-])c2)cc(-n2c(C)c(C)c3ccccc32)c(O)c1C. The van der Waals surface area contributed by atoms with Gasteiger partial charge in [-0.1, -0.05) is 24.3 Å². The number of amides is 1. The van der Waals surface area contributed by atoms with Crippen molar-refractivity contribution in [3.05, 3.63) is 92.7 Å². The Kier molecular flexibility index (Phi) is 5.18. The number of para-hydroxylation sites is 1. The number of carbonyl (C=O) groups excluding carboxylic acids is 1. The number of fused-ring (bicyclic) bond motifs is 1. The third-order valence-corrected chi connectivity index (χ3v) is 6.08. The molecule has 4 aromatic rings. The topological polar surface area (TPSA) is 97.4 Å². The summed E-state index contributed by atoms with van der Waals surface area (Å²) in [7, 11) is 0. The lowest BCUT2D eigenvalue weighted by Gasteiger charge is -2.18. The highest BCUT2D eigenvalue weighted by atomic mass is 16.6. The van der Waals surface area contributed by atoms with Crippen LogP contribution in [-0.4, -0.2) is 20.5 Å². The van der Waals surface area contributed by atoms with Crippen LogP contribution in [-0.2, 0) is 0 Å². The molecule has 0 saturated carbocycles. The summed E-state index contributed by atoms with van der Waals surface area (Å²) in [5, 5.41) is 26.0. The molecule has 2 N–H and O–H groups in total. The summed E-state index contributed by atoms with van der Waals surface area (Å²) in [5.74, 6) is -0.321. The minimum Gasteiger partial charge on any atom is -0.505 e. The van der Waals surface area contributed by atoms with Crippen molar-refractivity contribution in [1.82, 2.24) is 4.57 Å². The quantitative estimate of drug-likeness (QED) is 0.246. The molecule has 4 rings (SSSR count). The minimum atomic E-state index is -0.535. The van der Waals surface area contributed by atoms with Crippen LogP contribution in [0.15, 0.2) is 54.6 Å². The number of phenols is 1. The molecule has 1 amide bonds. The molecule has 0 bridgehead atoms. The van der Waals surface area contributed by atoms with E-state index in [-0.39, 0.29) is 17.0 Å². The Morgan fingerprint density at radius 3 is 2.41 bits per heavy atom. The van der Waals surface area contributed by atoms with E-state index < -0.39 is 10.8 Å². The molecule has 3 aromatic carbocycles. The number of nitro benzene ring substituents is 1. The van der Waals surface area contributed by atoms with Gasteiger partial charge in [-0.15, -0.1) is 0 Å². The van der Waals surface area contributed by atoms with Gasteiger partial charge in [-0.25, -0.2) is 0 Å². The molecule has 0 radical (unpaired) electrons. The van der Waals surface area contributed by atoms with Crippen LogP contribution in [0.1, 0.15) is 32.7 Å². The van der Waals surface area contributed by atoms with Crippen molar-refractivity contribution in [2.75, 3.05) is 5.32 Å². The van der Waals surface area contributed by atoms with Crippen LogP contribution in [0.2, 0.25) is 0 Å². The van der Waals surface area contributed by atoms with Crippen LogP contribution < -0.4 is 5.32 Å². The smallest absolute Gasteiger partial charge is 0.270 e. The third kappa shape index (κ3) is 3.37. The van der Waals surface area contributed by atoms with Crippen molar-refractivity contribution >= 4 is 28.2 Å². The maximum Gasteiger partial charge on any atom is 0.270 e. The van der Waals surface area contributed by atoms with Gasteiger partial charge in [-0.3, -0.25) is 14.9 Å². The highest BCUT2D eigenvalue weighted by molar-refractivity contribution is 6.05. The van der Waals surface area contributed by atoms with Gasteiger partial charge in [0, 0.05) is 34.5 Å². The second kappa shape index (κ2) is 7.85. The number of aryl methyl sites for hydroxylation is 1. The summed E-state index contributed by atoms with van der Waals surface area (Å²) in [4.78, 5) is 23.4. The molecular formula is C25H23N3O4. The number of benzene rings is 3. The molecule has 0 aliphatic rings. The average Bonchev–Trinajstić information content (AvgIpc) is 3.04. The van der Waals surface area contributed by atoms with Crippen LogP contribution in [0.4, 0.5) is 11.4 Å². The summed E-state index contributed by atoms with van der Waals surface area (Å²) < 4.78 is 1.98. The van der Waals surface area contributed by atoms with Crippen LogP contribution in [0, 0.1) is 37.8 Å². The standard InChI is InChI=1S/C25H23N3O4/c1-14-15(2)24(29)23(27-17(4)16(3)20-10-5-6-11-22(20)27)13-21(14)26-25(30)18-8-7-9-19(12-18)28(31)32/h5-13,29H,1-4H3,(H,26,30). The third-order valence-electron chi connectivity index (χ3n) is 6.08. The number of nitro groups is 1. The molecule has 32 heavy (non-hydrogen) atoms. The van der Waals surface area contributed by atoms with Gasteiger partial charge >= 0.3 is 0 Å². The lowest BCUT2D eigenvalue weighted by Crippen LogP contribution is -2.14. The lowest BCUT2D eigenvalue weighted by molar-refractivity contribution is -0.384. The van der Waals surface area contributed by atoms with Gasteiger partial charge in [0.05, 0.1) is 16.1 Å². The van der Waals surface area contributed by atoms with Gasteiger partial charge in [0.15, 0.2) is 0 Å². The minimum absolute atomic E-state index is 0.139. The molecule has 7 heteroatoms. The van der Waals surface area contributed by atoms with E-state index in [2.05, 4.69) is 5.32 Å². The number of nitrogens with zero attached hydrogens (tertiary/aromatic N) is 2. The van der Waals surface area contributed by atoms with E-state index in [9.17, 15) is 20.0 Å². The molecular weight excluding hydrogens is 406 g/mol. The largest absolute Gasteiger partial charge is 0.505 e. The molecule has 0 fully saturated rings. The van der Waals surface area contributed by atoms with Crippen LogP contribution in [0.25, 0.3) is 16.6 Å². The summed E-state index contributed by atoms with van der Waals surface area (Å²) in [6, 6.07) is 15.3. The van der Waals surface area contributed by atoms with Crippen molar-refractivity contribution in [3.8, 4) is 11.4 Å². The predicted octanol–water partition coefficient (Wildman–Crippen LogP) is 5.73. The van der Waals surface area contributed by atoms with E-state index in [1.807, 2.05) is 49.6 Å². The number of rotatable bonds is 4. The number of nitrogens with one attached hydrogen (secondary N) is 1. The van der Waals surface area contributed by atoms with E-state index in [1.54, 1.807) is 13.0 Å². The molecule has 1 heterocycles. The number of phenolic OH excluding ortho intramolecular Hbond substituents is 1.